The minimum atomic E-state index is -0.391. The summed E-state index contributed by atoms with van der Waals surface area (Å²) in [5.41, 5.74) is 8.09. The van der Waals surface area contributed by atoms with E-state index in [0.717, 1.165) is 25.1 Å². The van der Waals surface area contributed by atoms with Crippen LogP contribution in [-0.2, 0) is 6.54 Å². The average molecular weight is 262 g/mol. The maximum atomic E-state index is 11.1. The Bertz CT molecular complexity index is 473. The Kier molecular flexibility index (Phi) is 4.22. The molecule has 1 aromatic carbocycles. The van der Waals surface area contributed by atoms with Gasteiger partial charge in [-0.3, -0.25) is 9.69 Å². The lowest BCUT2D eigenvalue weighted by Gasteiger charge is -2.25. The summed E-state index contributed by atoms with van der Waals surface area (Å²) in [6.07, 6.45) is 1.13. The summed E-state index contributed by atoms with van der Waals surface area (Å²) in [7, 11) is 0. The SMILES string of the molecule is Cc1cc(C(N)=O)ccc1CN1CCC(C)C1CO. The Morgan fingerprint density at radius 2 is 2.26 bits per heavy atom. The third-order valence-corrected chi connectivity index (χ3v) is 4.19. The summed E-state index contributed by atoms with van der Waals surface area (Å²) in [5.74, 6) is 0.146. The number of aliphatic hydroxyl groups excluding tert-OH is 1. The Labute approximate surface area is 114 Å². The molecule has 1 aliphatic rings. The first-order valence-corrected chi connectivity index (χ1v) is 6.77. The summed E-state index contributed by atoms with van der Waals surface area (Å²) in [4.78, 5) is 13.4. The van der Waals surface area contributed by atoms with Crippen molar-refractivity contribution in [3.05, 3.63) is 34.9 Å². The van der Waals surface area contributed by atoms with Crippen LogP contribution in [0.4, 0.5) is 0 Å². The van der Waals surface area contributed by atoms with Gasteiger partial charge in [0.25, 0.3) is 0 Å². The molecule has 2 atom stereocenters. The van der Waals surface area contributed by atoms with Gasteiger partial charge >= 0.3 is 0 Å². The molecular formula is C15H22N2O2. The van der Waals surface area contributed by atoms with Gasteiger partial charge in [0.2, 0.25) is 5.91 Å². The molecule has 1 heterocycles. The van der Waals surface area contributed by atoms with Crippen LogP contribution in [0.3, 0.4) is 0 Å². The van der Waals surface area contributed by atoms with Crippen molar-refractivity contribution in [3.63, 3.8) is 0 Å². The van der Waals surface area contributed by atoms with Gasteiger partial charge in [-0.25, -0.2) is 0 Å². The molecule has 0 radical (unpaired) electrons. The molecule has 1 aliphatic heterocycles. The van der Waals surface area contributed by atoms with E-state index < -0.39 is 5.91 Å². The van der Waals surface area contributed by atoms with Crippen molar-refractivity contribution in [1.82, 2.24) is 4.90 Å². The molecule has 2 unspecified atom stereocenters. The molecule has 0 spiro atoms. The predicted octanol–water partition coefficient (Wildman–Crippen LogP) is 1.30. The highest BCUT2D eigenvalue weighted by molar-refractivity contribution is 5.93. The van der Waals surface area contributed by atoms with Gasteiger partial charge in [0.1, 0.15) is 0 Å². The van der Waals surface area contributed by atoms with Crippen LogP contribution in [0.5, 0.6) is 0 Å². The van der Waals surface area contributed by atoms with E-state index in [-0.39, 0.29) is 12.6 Å². The van der Waals surface area contributed by atoms with Gasteiger partial charge in [-0.15, -0.1) is 0 Å². The standard InChI is InChI=1S/C15H22N2O2/c1-10-5-6-17(14(10)9-18)8-13-4-3-12(15(16)19)7-11(13)2/h3-4,7,10,14,18H,5-6,8-9H2,1-2H3,(H2,16,19). The summed E-state index contributed by atoms with van der Waals surface area (Å²) < 4.78 is 0. The number of carbonyl (C=O) groups excluding carboxylic acids is 1. The molecule has 4 nitrogen and oxygen atoms in total. The van der Waals surface area contributed by atoms with Crippen molar-refractivity contribution in [1.29, 1.82) is 0 Å². The Morgan fingerprint density at radius 3 is 2.84 bits per heavy atom. The molecule has 1 aromatic rings. The minimum Gasteiger partial charge on any atom is -0.395 e. The lowest BCUT2D eigenvalue weighted by atomic mass is 10.0. The molecule has 104 valence electrons. The van der Waals surface area contributed by atoms with Crippen molar-refractivity contribution < 1.29 is 9.90 Å². The fourth-order valence-corrected chi connectivity index (χ4v) is 2.82. The van der Waals surface area contributed by atoms with Gasteiger partial charge in [-0.05, 0) is 49.1 Å². The number of likely N-dealkylation sites (tertiary alicyclic amines) is 1. The van der Waals surface area contributed by atoms with Crippen LogP contribution in [0.2, 0.25) is 0 Å². The molecule has 2 rings (SSSR count). The first-order valence-electron chi connectivity index (χ1n) is 6.77. The highest BCUT2D eigenvalue weighted by Crippen LogP contribution is 2.26. The lowest BCUT2D eigenvalue weighted by molar-refractivity contribution is 0.1000. The predicted molar refractivity (Wildman–Crippen MR) is 74.8 cm³/mol. The number of hydrogen-bond acceptors (Lipinski definition) is 3. The molecule has 1 fully saturated rings. The fraction of sp³-hybridized carbons (Fsp3) is 0.533. The zero-order valence-corrected chi connectivity index (χ0v) is 11.6. The smallest absolute Gasteiger partial charge is 0.248 e. The summed E-state index contributed by atoms with van der Waals surface area (Å²) in [5, 5.41) is 9.47. The second-order valence-electron chi connectivity index (χ2n) is 5.49. The van der Waals surface area contributed by atoms with Gasteiger partial charge in [-0.1, -0.05) is 13.0 Å². The third kappa shape index (κ3) is 2.96. The number of nitrogens with two attached hydrogens (primary N) is 1. The molecule has 4 heteroatoms. The molecule has 0 aliphatic carbocycles. The van der Waals surface area contributed by atoms with E-state index in [0.29, 0.717) is 11.5 Å². The zero-order chi connectivity index (χ0) is 14.0. The van der Waals surface area contributed by atoms with Crippen LogP contribution >= 0.6 is 0 Å². The minimum absolute atomic E-state index is 0.208. The van der Waals surface area contributed by atoms with E-state index in [1.54, 1.807) is 6.07 Å². The Balaban J connectivity index is 2.13. The van der Waals surface area contributed by atoms with E-state index in [2.05, 4.69) is 11.8 Å². The van der Waals surface area contributed by atoms with Crippen LogP contribution < -0.4 is 5.73 Å². The van der Waals surface area contributed by atoms with E-state index in [1.807, 2.05) is 19.1 Å². The van der Waals surface area contributed by atoms with Gasteiger partial charge in [0.15, 0.2) is 0 Å². The first-order chi connectivity index (χ1) is 9.02. The van der Waals surface area contributed by atoms with E-state index in [1.165, 1.54) is 5.56 Å². The lowest BCUT2D eigenvalue weighted by Crippen LogP contribution is -2.34. The van der Waals surface area contributed by atoms with Crippen molar-refractivity contribution in [2.45, 2.75) is 32.9 Å². The molecule has 1 saturated heterocycles. The van der Waals surface area contributed by atoms with Crippen LogP contribution in [0.25, 0.3) is 0 Å². The topological polar surface area (TPSA) is 66.6 Å². The third-order valence-electron chi connectivity index (χ3n) is 4.19. The van der Waals surface area contributed by atoms with Crippen LogP contribution in [-0.4, -0.2) is 35.1 Å². The molecular weight excluding hydrogens is 240 g/mol. The number of rotatable bonds is 4. The first kappa shape index (κ1) is 14.0. The van der Waals surface area contributed by atoms with Gasteiger partial charge in [-0.2, -0.15) is 0 Å². The number of nitrogens with zero attached hydrogens (tertiary/aromatic N) is 1. The number of benzene rings is 1. The number of aryl methyl sites for hydroxylation is 1. The van der Waals surface area contributed by atoms with E-state index >= 15 is 0 Å². The van der Waals surface area contributed by atoms with Crippen molar-refractivity contribution in [2.24, 2.45) is 11.7 Å². The molecule has 0 aromatic heterocycles. The van der Waals surface area contributed by atoms with Crippen molar-refractivity contribution >= 4 is 5.91 Å². The number of aliphatic hydroxyl groups is 1. The number of carbonyl (C=O) groups is 1. The average Bonchev–Trinajstić information content (AvgIpc) is 2.72. The maximum absolute atomic E-state index is 11.1. The highest BCUT2D eigenvalue weighted by Gasteiger charge is 2.30. The van der Waals surface area contributed by atoms with Crippen molar-refractivity contribution in [2.75, 3.05) is 13.2 Å². The summed E-state index contributed by atoms with van der Waals surface area (Å²) in [6.45, 7) is 6.22. The number of amides is 1. The van der Waals surface area contributed by atoms with Crippen LogP contribution in [0.1, 0.15) is 34.8 Å². The maximum Gasteiger partial charge on any atom is 0.248 e. The second kappa shape index (κ2) is 5.72. The van der Waals surface area contributed by atoms with Crippen LogP contribution in [0, 0.1) is 12.8 Å². The number of primary amides is 1. The molecule has 3 N–H and O–H groups in total. The van der Waals surface area contributed by atoms with Gasteiger partial charge < -0.3 is 10.8 Å². The quantitative estimate of drug-likeness (QED) is 0.859. The zero-order valence-electron chi connectivity index (χ0n) is 11.6. The summed E-state index contributed by atoms with van der Waals surface area (Å²) in [6, 6.07) is 5.83. The number of hydrogen-bond donors (Lipinski definition) is 2. The van der Waals surface area contributed by atoms with Gasteiger partial charge in [0.05, 0.1) is 6.61 Å². The second-order valence-corrected chi connectivity index (χ2v) is 5.49. The monoisotopic (exact) mass is 262 g/mol. The van der Waals surface area contributed by atoms with E-state index in [4.69, 9.17) is 5.73 Å². The molecule has 0 bridgehead atoms. The fourth-order valence-electron chi connectivity index (χ4n) is 2.82. The molecule has 1 amide bonds. The largest absolute Gasteiger partial charge is 0.395 e. The van der Waals surface area contributed by atoms with Crippen LogP contribution in [0.15, 0.2) is 18.2 Å². The van der Waals surface area contributed by atoms with Crippen molar-refractivity contribution in [3.8, 4) is 0 Å². The molecule has 19 heavy (non-hydrogen) atoms. The normalized spacial score (nSPS) is 23.7. The molecule has 0 saturated carbocycles. The Morgan fingerprint density at radius 1 is 1.53 bits per heavy atom. The summed E-state index contributed by atoms with van der Waals surface area (Å²) >= 11 is 0. The van der Waals surface area contributed by atoms with Gasteiger partial charge in [0, 0.05) is 18.2 Å². The van der Waals surface area contributed by atoms with E-state index in [9.17, 15) is 9.90 Å². The highest BCUT2D eigenvalue weighted by atomic mass is 16.3. The Hall–Kier alpha value is -1.39.